The molecule has 16 heavy (non-hydrogen) atoms. The molecule has 1 heterocycles. The fourth-order valence-corrected chi connectivity index (χ4v) is 0.956. The average molecular weight is 242 g/mol. The Morgan fingerprint density at radius 1 is 1.44 bits per heavy atom. The number of anilines is 1. The maximum Gasteiger partial charge on any atom is 0.328 e. The van der Waals surface area contributed by atoms with Crippen molar-refractivity contribution in [1.29, 1.82) is 0 Å². The Hall–Kier alpha value is -2.08. The quantitative estimate of drug-likeness (QED) is 0.536. The van der Waals surface area contributed by atoms with E-state index in [1.165, 1.54) is 6.20 Å². The van der Waals surface area contributed by atoms with Gasteiger partial charge in [-0.3, -0.25) is 15.6 Å². The van der Waals surface area contributed by atoms with Crippen LogP contribution in [0.25, 0.3) is 0 Å². The van der Waals surface area contributed by atoms with Gasteiger partial charge < -0.3 is 5.11 Å². The highest BCUT2D eigenvalue weighted by Crippen LogP contribution is 2.15. The first-order valence-electron chi connectivity index (χ1n) is 4.17. The first kappa shape index (κ1) is 12.0. The largest absolute Gasteiger partial charge is 0.478 e. The smallest absolute Gasteiger partial charge is 0.328 e. The van der Waals surface area contributed by atoms with Crippen molar-refractivity contribution in [2.45, 2.75) is 0 Å². The van der Waals surface area contributed by atoms with Crippen LogP contribution in [0, 0.1) is 0 Å². The standard InChI is InChI=1S/C9H8ClN3O3/c10-6-2-1-5-11-9(6)13-12-7(14)3-4-8(15)16/h1-5H,(H,11,13)(H,12,14)(H,15,16)/b4-3-. The zero-order chi connectivity index (χ0) is 12.0. The second kappa shape index (κ2) is 5.72. The van der Waals surface area contributed by atoms with Crippen LogP contribution in [-0.4, -0.2) is 22.0 Å². The van der Waals surface area contributed by atoms with Crippen LogP contribution in [0.15, 0.2) is 30.5 Å². The predicted molar refractivity (Wildman–Crippen MR) is 57.8 cm³/mol. The summed E-state index contributed by atoms with van der Waals surface area (Å²) in [6, 6.07) is 3.23. The number of hydrazine groups is 1. The number of carbonyl (C=O) groups excluding carboxylic acids is 1. The van der Waals surface area contributed by atoms with Gasteiger partial charge in [-0.05, 0) is 12.1 Å². The van der Waals surface area contributed by atoms with E-state index in [0.29, 0.717) is 5.02 Å². The van der Waals surface area contributed by atoms with Gasteiger partial charge in [-0.2, -0.15) is 0 Å². The minimum absolute atomic E-state index is 0.279. The lowest BCUT2D eigenvalue weighted by molar-refractivity contribution is -0.131. The Morgan fingerprint density at radius 3 is 2.81 bits per heavy atom. The molecule has 3 N–H and O–H groups in total. The number of amides is 1. The molecule has 0 aromatic carbocycles. The van der Waals surface area contributed by atoms with Crippen LogP contribution in [-0.2, 0) is 9.59 Å². The summed E-state index contributed by atoms with van der Waals surface area (Å²) in [5.74, 6) is -1.55. The van der Waals surface area contributed by atoms with Crippen molar-refractivity contribution in [1.82, 2.24) is 10.4 Å². The molecule has 7 heteroatoms. The van der Waals surface area contributed by atoms with Crippen LogP contribution in [0.3, 0.4) is 0 Å². The number of hydrogen-bond acceptors (Lipinski definition) is 4. The molecule has 0 atom stereocenters. The summed E-state index contributed by atoms with van der Waals surface area (Å²) in [6.07, 6.45) is 3.08. The summed E-state index contributed by atoms with van der Waals surface area (Å²) >= 11 is 5.75. The molecule has 6 nitrogen and oxygen atoms in total. The molecule has 0 saturated heterocycles. The van der Waals surface area contributed by atoms with Gasteiger partial charge in [0, 0.05) is 18.3 Å². The number of carboxylic acid groups (broad SMARTS) is 1. The summed E-state index contributed by atoms with van der Waals surface area (Å²) in [6.45, 7) is 0. The fourth-order valence-electron chi connectivity index (χ4n) is 0.787. The van der Waals surface area contributed by atoms with Crippen molar-refractivity contribution in [3.8, 4) is 0 Å². The lowest BCUT2D eigenvalue weighted by Crippen LogP contribution is -2.28. The molecule has 1 amide bonds. The topological polar surface area (TPSA) is 91.3 Å². The van der Waals surface area contributed by atoms with Crippen LogP contribution in [0.1, 0.15) is 0 Å². The highest BCUT2D eigenvalue weighted by molar-refractivity contribution is 6.32. The molecule has 0 aliphatic carbocycles. The van der Waals surface area contributed by atoms with Crippen molar-refractivity contribution in [2.75, 3.05) is 5.43 Å². The predicted octanol–water partition coefficient (Wildman–Crippen LogP) is 0.819. The molecule has 0 aliphatic heterocycles. The van der Waals surface area contributed by atoms with Gasteiger partial charge in [0.15, 0.2) is 5.82 Å². The molecule has 0 spiro atoms. The monoisotopic (exact) mass is 241 g/mol. The molecule has 1 rings (SSSR count). The molecule has 1 aromatic rings. The molecule has 0 aliphatic rings. The number of pyridine rings is 1. The number of nitrogens with zero attached hydrogens (tertiary/aromatic N) is 1. The minimum atomic E-state index is -1.20. The molecular formula is C9H8ClN3O3. The van der Waals surface area contributed by atoms with Crippen molar-refractivity contribution >= 4 is 29.3 Å². The molecule has 0 fully saturated rings. The number of hydrogen-bond donors (Lipinski definition) is 3. The first-order valence-corrected chi connectivity index (χ1v) is 4.55. The number of aromatic nitrogens is 1. The summed E-state index contributed by atoms with van der Waals surface area (Å²) < 4.78 is 0. The minimum Gasteiger partial charge on any atom is -0.478 e. The molecule has 0 unspecified atom stereocenters. The number of rotatable bonds is 4. The highest BCUT2D eigenvalue weighted by atomic mass is 35.5. The van der Waals surface area contributed by atoms with E-state index in [9.17, 15) is 9.59 Å². The maximum atomic E-state index is 11.0. The Morgan fingerprint density at radius 2 is 2.19 bits per heavy atom. The van der Waals surface area contributed by atoms with Gasteiger partial charge in [0.05, 0.1) is 5.02 Å². The normalized spacial score (nSPS) is 10.1. The maximum absolute atomic E-state index is 11.0. The van der Waals surface area contributed by atoms with E-state index in [1.54, 1.807) is 12.1 Å². The van der Waals surface area contributed by atoms with Crippen molar-refractivity contribution < 1.29 is 14.7 Å². The zero-order valence-electron chi connectivity index (χ0n) is 7.98. The van der Waals surface area contributed by atoms with E-state index >= 15 is 0 Å². The van der Waals surface area contributed by atoms with E-state index in [-0.39, 0.29) is 5.82 Å². The molecular weight excluding hydrogens is 234 g/mol. The van der Waals surface area contributed by atoms with E-state index < -0.39 is 11.9 Å². The number of nitrogens with one attached hydrogen (secondary N) is 2. The van der Waals surface area contributed by atoms with E-state index in [2.05, 4.69) is 15.8 Å². The first-order chi connectivity index (χ1) is 7.59. The molecule has 0 bridgehead atoms. The number of halogens is 1. The molecule has 0 radical (unpaired) electrons. The highest BCUT2D eigenvalue weighted by Gasteiger charge is 2.00. The van der Waals surface area contributed by atoms with Crippen LogP contribution in [0.5, 0.6) is 0 Å². The van der Waals surface area contributed by atoms with Gasteiger partial charge in [-0.15, -0.1) is 0 Å². The Bertz CT molecular complexity index is 434. The Kier molecular flexibility index (Phi) is 4.28. The third-order valence-corrected chi connectivity index (χ3v) is 1.74. The summed E-state index contributed by atoms with van der Waals surface area (Å²) in [5, 5.41) is 8.61. The summed E-state index contributed by atoms with van der Waals surface area (Å²) in [7, 11) is 0. The van der Waals surface area contributed by atoms with Crippen molar-refractivity contribution in [3.63, 3.8) is 0 Å². The number of aliphatic carboxylic acids is 1. The molecule has 0 saturated carbocycles. The summed E-state index contributed by atoms with van der Waals surface area (Å²) in [4.78, 5) is 25.0. The van der Waals surface area contributed by atoms with Gasteiger partial charge in [0.1, 0.15) is 0 Å². The Labute approximate surface area is 95.9 Å². The van der Waals surface area contributed by atoms with Crippen LogP contribution >= 0.6 is 11.6 Å². The Balaban J connectivity index is 2.49. The van der Waals surface area contributed by atoms with Gasteiger partial charge >= 0.3 is 5.97 Å². The molecule has 1 aromatic heterocycles. The van der Waals surface area contributed by atoms with E-state index in [4.69, 9.17) is 16.7 Å². The number of carbonyl (C=O) groups is 2. The second-order valence-corrected chi connectivity index (χ2v) is 3.03. The third kappa shape index (κ3) is 3.97. The van der Waals surface area contributed by atoms with Gasteiger partial charge in [-0.1, -0.05) is 11.6 Å². The SMILES string of the molecule is O=C(O)/C=C\C(=O)NNc1ncccc1Cl. The lowest BCUT2D eigenvalue weighted by atomic mass is 10.4. The van der Waals surface area contributed by atoms with Gasteiger partial charge in [0.25, 0.3) is 5.91 Å². The summed E-state index contributed by atoms with van der Waals surface area (Å²) in [5.41, 5.74) is 4.66. The average Bonchev–Trinajstić information content (AvgIpc) is 2.25. The van der Waals surface area contributed by atoms with Crippen LogP contribution < -0.4 is 10.9 Å². The van der Waals surface area contributed by atoms with Gasteiger partial charge in [0.2, 0.25) is 0 Å². The van der Waals surface area contributed by atoms with Crippen molar-refractivity contribution in [3.05, 3.63) is 35.5 Å². The van der Waals surface area contributed by atoms with Crippen molar-refractivity contribution in [2.24, 2.45) is 0 Å². The third-order valence-electron chi connectivity index (χ3n) is 1.44. The van der Waals surface area contributed by atoms with E-state index in [1.807, 2.05) is 0 Å². The fraction of sp³-hybridized carbons (Fsp3) is 0. The van der Waals surface area contributed by atoms with Crippen LogP contribution in [0.2, 0.25) is 5.02 Å². The zero-order valence-corrected chi connectivity index (χ0v) is 8.73. The van der Waals surface area contributed by atoms with Gasteiger partial charge in [-0.25, -0.2) is 9.78 Å². The number of carboxylic acids is 1. The second-order valence-electron chi connectivity index (χ2n) is 2.62. The lowest BCUT2D eigenvalue weighted by Gasteiger charge is -2.06. The van der Waals surface area contributed by atoms with Crippen LogP contribution in [0.4, 0.5) is 5.82 Å². The molecule has 84 valence electrons. The van der Waals surface area contributed by atoms with E-state index in [0.717, 1.165) is 12.2 Å².